The Hall–Kier alpha value is -2.85. The van der Waals surface area contributed by atoms with Crippen molar-refractivity contribution in [2.45, 2.75) is 25.9 Å². The summed E-state index contributed by atoms with van der Waals surface area (Å²) in [7, 11) is 5.76. The number of rotatable bonds is 7. The zero-order chi connectivity index (χ0) is 20.1. The van der Waals surface area contributed by atoms with Gasteiger partial charge in [0.1, 0.15) is 5.75 Å². The van der Waals surface area contributed by atoms with Crippen LogP contribution in [0, 0.1) is 0 Å². The number of fused-ring (bicyclic) bond motifs is 1. The number of benzene rings is 3. The van der Waals surface area contributed by atoms with Crippen LogP contribution in [-0.2, 0) is 17.9 Å². The van der Waals surface area contributed by atoms with E-state index in [9.17, 15) is 4.79 Å². The molecule has 28 heavy (non-hydrogen) atoms. The molecule has 0 aliphatic carbocycles. The summed E-state index contributed by atoms with van der Waals surface area (Å²) < 4.78 is 5.28. The van der Waals surface area contributed by atoms with Gasteiger partial charge in [0.25, 0.3) is 0 Å². The van der Waals surface area contributed by atoms with Crippen molar-refractivity contribution >= 4 is 16.7 Å². The highest BCUT2D eigenvalue weighted by molar-refractivity contribution is 5.88. The minimum absolute atomic E-state index is 0.0347. The van der Waals surface area contributed by atoms with Crippen molar-refractivity contribution < 1.29 is 9.53 Å². The van der Waals surface area contributed by atoms with E-state index in [4.69, 9.17) is 4.74 Å². The third-order valence-electron chi connectivity index (χ3n) is 5.02. The molecular weight excluding hydrogens is 348 g/mol. The number of carbonyl (C=O) groups excluding carboxylic acids is 1. The summed E-state index contributed by atoms with van der Waals surface area (Å²) in [5.74, 6) is 0.655. The average Bonchev–Trinajstić information content (AvgIpc) is 2.71. The third-order valence-corrected chi connectivity index (χ3v) is 5.02. The van der Waals surface area contributed by atoms with Crippen molar-refractivity contribution in [3.8, 4) is 5.75 Å². The summed E-state index contributed by atoms with van der Waals surface area (Å²) in [4.78, 5) is 14.9. The SMILES string of the molecule is COc1ccc2cc([C@@H](C)C(=O)NCc3ccccc3CN(C)C)ccc2c1. The minimum atomic E-state index is -0.215. The lowest BCUT2D eigenvalue weighted by molar-refractivity contribution is -0.122. The van der Waals surface area contributed by atoms with Crippen molar-refractivity contribution in [3.05, 3.63) is 77.4 Å². The fraction of sp³-hybridized carbons (Fsp3) is 0.292. The molecule has 0 fully saturated rings. The van der Waals surface area contributed by atoms with Crippen LogP contribution in [0.4, 0.5) is 0 Å². The Morgan fingerprint density at radius 2 is 1.68 bits per heavy atom. The maximum Gasteiger partial charge on any atom is 0.227 e. The van der Waals surface area contributed by atoms with E-state index in [-0.39, 0.29) is 11.8 Å². The molecule has 4 nitrogen and oxygen atoms in total. The van der Waals surface area contributed by atoms with Gasteiger partial charge in [0.2, 0.25) is 5.91 Å². The van der Waals surface area contributed by atoms with Crippen molar-refractivity contribution in [1.82, 2.24) is 10.2 Å². The first-order chi connectivity index (χ1) is 13.5. The second-order valence-electron chi connectivity index (χ2n) is 7.42. The highest BCUT2D eigenvalue weighted by Crippen LogP contribution is 2.25. The van der Waals surface area contributed by atoms with E-state index < -0.39 is 0 Å². The smallest absolute Gasteiger partial charge is 0.227 e. The van der Waals surface area contributed by atoms with E-state index in [1.807, 2.05) is 63.5 Å². The molecule has 0 saturated heterocycles. The molecule has 0 radical (unpaired) electrons. The van der Waals surface area contributed by atoms with E-state index in [0.29, 0.717) is 6.54 Å². The molecule has 0 aliphatic rings. The van der Waals surface area contributed by atoms with Gasteiger partial charge in [-0.05, 0) is 60.6 Å². The zero-order valence-electron chi connectivity index (χ0n) is 17.0. The number of amides is 1. The first-order valence-corrected chi connectivity index (χ1v) is 9.55. The van der Waals surface area contributed by atoms with Crippen molar-refractivity contribution in [1.29, 1.82) is 0 Å². The maximum absolute atomic E-state index is 12.7. The molecular formula is C24H28N2O2. The summed E-state index contributed by atoms with van der Waals surface area (Å²) in [6, 6.07) is 20.4. The van der Waals surface area contributed by atoms with Crippen molar-refractivity contribution in [2.75, 3.05) is 21.2 Å². The van der Waals surface area contributed by atoms with E-state index in [2.05, 4.69) is 28.4 Å². The quantitative estimate of drug-likeness (QED) is 0.667. The molecule has 146 valence electrons. The van der Waals surface area contributed by atoms with Gasteiger partial charge < -0.3 is 15.0 Å². The Labute approximate surface area is 167 Å². The summed E-state index contributed by atoms with van der Waals surface area (Å²) in [5, 5.41) is 5.31. The Bertz CT molecular complexity index is 966. The molecule has 4 heteroatoms. The van der Waals surface area contributed by atoms with E-state index in [0.717, 1.165) is 34.2 Å². The summed E-state index contributed by atoms with van der Waals surface area (Å²) in [5.41, 5.74) is 3.40. The second-order valence-corrected chi connectivity index (χ2v) is 7.42. The lowest BCUT2D eigenvalue weighted by atomic mass is 9.96. The number of hydrogen-bond acceptors (Lipinski definition) is 3. The van der Waals surface area contributed by atoms with Crippen molar-refractivity contribution in [2.24, 2.45) is 0 Å². The van der Waals surface area contributed by atoms with Crippen LogP contribution in [0.3, 0.4) is 0 Å². The molecule has 1 amide bonds. The minimum Gasteiger partial charge on any atom is -0.497 e. The number of methoxy groups -OCH3 is 1. The molecule has 1 atom stereocenters. The number of carbonyl (C=O) groups is 1. The van der Waals surface area contributed by atoms with Gasteiger partial charge in [-0.25, -0.2) is 0 Å². The predicted octanol–water partition coefficient (Wildman–Crippen LogP) is 4.33. The summed E-state index contributed by atoms with van der Waals surface area (Å²) in [6.07, 6.45) is 0. The molecule has 0 bridgehead atoms. The van der Waals surface area contributed by atoms with Gasteiger partial charge in [0.15, 0.2) is 0 Å². The number of ether oxygens (including phenoxy) is 1. The molecule has 0 heterocycles. The largest absolute Gasteiger partial charge is 0.497 e. The fourth-order valence-electron chi connectivity index (χ4n) is 3.35. The fourth-order valence-corrected chi connectivity index (χ4v) is 3.35. The molecule has 0 unspecified atom stereocenters. The third kappa shape index (κ3) is 4.70. The first kappa shape index (κ1) is 19.9. The molecule has 0 saturated carbocycles. The van der Waals surface area contributed by atoms with Crippen LogP contribution in [0.2, 0.25) is 0 Å². The standard InChI is InChI=1S/C24H28N2O2/c1-17(18-9-10-20-14-23(28-4)12-11-19(20)13-18)24(27)25-15-21-7-5-6-8-22(21)16-26(2)3/h5-14,17H,15-16H2,1-4H3,(H,25,27)/t17-/m1/s1. The van der Waals surface area contributed by atoms with E-state index >= 15 is 0 Å². The van der Waals surface area contributed by atoms with Gasteiger partial charge in [0.05, 0.1) is 13.0 Å². The lowest BCUT2D eigenvalue weighted by Gasteiger charge is -2.17. The average molecular weight is 377 g/mol. The Kier molecular flexibility index (Phi) is 6.32. The number of nitrogens with zero attached hydrogens (tertiary/aromatic N) is 1. The summed E-state index contributed by atoms with van der Waals surface area (Å²) in [6.45, 7) is 3.35. The van der Waals surface area contributed by atoms with Crippen LogP contribution >= 0.6 is 0 Å². The van der Waals surface area contributed by atoms with Gasteiger partial charge in [-0.1, -0.05) is 48.5 Å². The number of hydrogen-bond donors (Lipinski definition) is 1. The summed E-state index contributed by atoms with van der Waals surface area (Å²) >= 11 is 0. The monoisotopic (exact) mass is 376 g/mol. The van der Waals surface area contributed by atoms with Gasteiger partial charge in [-0.3, -0.25) is 4.79 Å². The number of nitrogens with one attached hydrogen (secondary N) is 1. The van der Waals surface area contributed by atoms with Crippen LogP contribution in [0.5, 0.6) is 5.75 Å². The van der Waals surface area contributed by atoms with Gasteiger partial charge >= 0.3 is 0 Å². The normalized spacial score (nSPS) is 12.2. The molecule has 3 aromatic carbocycles. The van der Waals surface area contributed by atoms with Crippen LogP contribution in [0.1, 0.15) is 29.5 Å². The molecule has 1 N–H and O–H groups in total. The molecule has 0 spiro atoms. The van der Waals surface area contributed by atoms with Crippen LogP contribution in [-0.4, -0.2) is 32.0 Å². The molecule has 0 aromatic heterocycles. The van der Waals surface area contributed by atoms with Crippen LogP contribution in [0.25, 0.3) is 10.8 Å². The zero-order valence-corrected chi connectivity index (χ0v) is 17.0. The van der Waals surface area contributed by atoms with Gasteiger partial charge in [-0.2, -0.15) is 0 Å². The Morgan fingerprint density at radius 3 is 2.39 bits per heavy atom. The highest BCUT2D eigenvalue weighted by atomic mass is 16.5. The first-order valence-electron chi connectivity index (χ1n) is 9.55. The second kappa shape index (κ2) is 8.89. The Morgan fingerprint density at radius 1 is 1.00 bits per heavy atom. The van der Waals surface area contributed by atoms with Crippen LogP contribution < -0.4 is 10.1 Å². The van der Waals surface area contributed by atoms with E-state index in [1.165, 1.54) is 5.56 Å². The molecule has 3 rings (SSSR count). The molecule has 3 aromatic rings. The van der Waals surface area contributed by atoms with Gasteiger partial charge in [0, 0.05) is 13.1 Å². The Balaban J connectivity index is 1.70. The highest BCUT2D eigenvalue weighted by Gasteiger charge is 2.16. The topological polar surface area (TPSA) is 41.6 Å². The lowest BCUT2D eigenvalue weighted by Crippen LogP contribution is -2.28. The van der Waals surface area contributed by atoms with Crippen molar-refractivity contribution in [3.63, 3.8) is 0 Å². The van der Waals surface area contributed by atoms with Crippen LogP contribution in [0.15, 0.2) is 60.7 Å². The van der Waals surface area contributed by atoms with Gasteiger partial charge in [-0.15, -0.1) is 0 Å². The predicted molar refractivity (Wildman–Crippen MR) is 115 cm³/mol. The molecule has 0 aliphatic heterocycles. The van der Waals surface area contributed by atoms with E-state index in [1.54, 1.807) is 7.11 Å². The maximum atomic E-state index is 12.7.